The summed E-state index contributed by atoms with van der Waals surface area (Å²) in [5.74, 6) is 0. The van der Waals surface area contributed by atoms with Gasteiger partial charge in [-0.25, -0.2) is 0 Å². The van der Waals surface area contributed by atoms with Gasteiger partial charge in [0.15, 0.2) is 0 Å². The first kappa shape index (κ1) is 19.3. The number of nitrogens with zero attached hydrogens (tertiary/aromatic N) is 6. The number of hydrogen-bond donors (Lipinski definition) is 0. The SMILES string of the molecule is Cl.N#[C][Fe]([C]#N)([C]#N)([C]#N)([C]#N)[C]#N.[NaH]. The Labute approximate surface area is 113 Å². The number of hydrogen-bond acceptors (Lipinski definition) is 6. The fourth-order valence-corrected chi connectivity index (χ4v) is 1.09. The fraction of sp³-hybridized carbons (Fsp3) is 0. The quantitative estimate of drug-likeness (QED) is 0.562. The number of nitriles is 6. The third kappa shape index (κ3) is 1.78. The molecule has 0 aliphatic heterocycles. The van der Waals surface area contributed by atoms with Gasteiger partial charge in [0.05, 0.1) is 0 Å². The molecular formula is C6H2ClFeN6Na. The van der Waals surface area contributed by atoms with Gasteiger partial charge in [-0.3, -0.25) is 0 Å². The summed E-state index contributed by atoms with van der Waals surface area (Å²) < 4.78 is 0. The van der Waals surface area contributed by atoms with Crippen LogP contribution in [-0.4, -0.2) is 29.6 Å². The molecule has 0 N–H and O–H groups in total. The number of rotatable bonds is 0. The van der Waals surface area contributed by atoms with Gasteiger partial charge in [0.2, 0.25) is 0 Å². The van der Waals surface area contributed by atoms with Crippen molar-refractivity contribution in [3.63, 3.8) is 0 Å². The van der Waals surface area contributed by atoms with Crippen LogP contribution in [0.5, 0.6) is 0 Å². The minimum atomic E-state index is -6.17. The van der Waals surface area contributed by atoms with Gasteiger partial charge >= 0.3 is 102 Å². The molecule has 0 unspecified atom stereocenters. The van der Waals surface area contributed by atoms with E-state index < -0.39 is 10.7 Å². The molecule has 72 valence electrons. The molecule has 0 heterocycles. The van der Waals surface area contributed by atoms with E-state index in [2.05, 4.69) is 0 Å². The molecule has 0 bridgehead atoms. The van der Waals surface area contributed by atoms with Gasteiger partial charge in [-0.1, -0.05) is 0 Å². The Bertz CT molecular complexity index is 397. The van der Waals surface area contributed by atoms with Crippen LogP contribution in [0.2, 0.25) is 0 Å². The molecule has 0 saturated carbocycles. The molecule has 0 aliphatic rings. The summed E-state index contributed by atoms with van der Waals surface area (Å²) in [5.41, 5.74) is 0. The second-order valence-electron chi connectivity index (χ2n) is 1.80. The van der Waals surface area contributed by atoms with Crippen molar-refractivity contribution in [1.29, 1.82) is 31.6 Å². The molecule has 0 aliphatic carbocycles. The van der Waals surface area contributed by atoms with E-state index in [1.165, 1.54) is 0 Å². The molecule has 0 atom stereocenters. The molecule has 0 radical (unpaired) electrons. The predicted octanol–water partition coefficient (Wildman–Crippen LogP) is -0.129. The van der Waals surface area contributed by atoms with Crippen LogP contribution in [0.25, 0.3) is 0 Å². The van der Waals surface area contributed by atoms with Crippen molar-refractivity contribution >= 4 is 42.0 Å². The summed E-state index contributed by atoms with van der Waals surface area (Å²) in [7, 11) is -6.17. The predicted molar refractivity (Wildman–Crippen MR) is 48.1 cm³/mol. The van der Waals surface area contributed by atoms with Gasteiger partial charge in [0, 0.05) is 0 Å². The van der Waals surface area contributed by atoms with Crippen LogP contribution in [0.4, 0.5) is 0 Å². The van der Waals surface area contributed by atoms with Gasteiger partial charge in [-0.2, -0.15) is 0 Å². The normalized spacial score (nSPS) is 11.6. The van der Waals surface area contributed by atoms with E-state index >= 15 is 0 Å². The Kier molecular flexibility index (Phi) is 5.82. The zero-order valence-corrected chi connectivity index (χ0v) is 8.37. The van der Waals surface area contributed by atoms with E-state index in [0.29, 0.717) is 0 Å². The molecule has 0 amide bonds. The van der Waals surface area contributed by atoms with Gasteiger partial charge in [-0.15, -0.1) is 12.4 Å². The monoisotopic (exact) mass is 272 g/mol. The maximum atomic E-state index is 8.58. The van der Waals surface area contributed by atoms with Crippen molar-refractivity contribution in [3.8, 4) is 29.8 Å². The summed E-state index contributed by atoms with van der Waals surface area (Å²) in [5, 5.41) is 51.5. The standard InChI is InChI=1S/6CN.ClH.Fe.Na.H/c6*1-2;;;;/h;;;;;;1H;;;. The third-order valence-corrected chi connectivity index (χ3v) is 4.89. The van der Waals surface area contributed by atoms with Gasteiger partial charge < -0.3 is 0 Å². The van der Waals surface area contributed by atoms with Crippen LogP contribution in [-0.2, 0) is 10.7 Å². The van der Waals surface area contributed by atoms with Gasteiger partial charge in [-0.05, 0) is 0 Å². The molecule has 0 rings (SSSR count). The van der Waals surface area contributed by atoms with Gasteiger partial charge in [0.25, 0.3) is 0 Å². The maximum absolute atomic E-state index is 8.58. The Morgan fingerprint density at radius 1 is 0.533 bits per heavy atom. The van der Waals surface area contributed by atoms with E-state index in [0.717, 1.165) is 29.8 Å². The topological polar surface area (TPSA) is 143 Å². The molecule has 0 spiro atoms. The first-order valence-corrected chi connectivity index (χ1v) is 5.71. The van der Waals surface area contributed by atoms with E-state index in [1.807, 2.05) is 0 Å². The minimum absolute atomic E-state index is 0. The third-order valence-electron chi connectivity index (χ3n) is 1.19. The molecule has 0 fully saturated rings. The van der Waals surface area contributed by atoms with E-state index in [-0.39, 0.29) is 42.0 Å². The van der Waals surface area contributed by atoms with Crippen LogP contribution < -0.4 is 0 Å². The Morgan fingerprint density at radius 3 is 0.667 bits per heavy atom. The Morgan fingerprint density at radius 2 is 0.667 bits per heavy atom. The van der Waals surface area contributed by atoms with E-state index in [4.69, 9.17) is 31.6 Å². The molecule has 6 nitrogen and oxygen atoms in total. The van der Waals surface area contributed by atoms with Gasteiger partial charge in [0.1, 0.15) is 0 Å². The molecule has 0 aromatic rings. The number of halogens is 1. The van der Waals surface area contributed by atoms with Crippen molar-refractivity contribution < 1.29 is 10.7 Å². The average molecular weight is 272 g/mol. The van der Waals surface area contributed by atoms with Crippen LogP contribution in [0.15, 0.2) is 0 Å². The van der Waals surface area contributed by atoms with Crippen molar-refractivity contribution in [3.05, 3.63) is 0 Å². The summed E-state index contributed by atoms with van der Waals surface area (Å²) in [6, 6.07) is 0. The summed E-state index contributed by atoms with van der Waals surface area (Å²) >= 11 is 0. The summed E-state index contributed by atoms with van der Waals surface area (Å²) in [6.45, 7) is 0. The zero-order valence-electron chi connectivity index (χ0n) is 6.45. The van der Waals surface area contributed by atoms with Crippen molar-refractivity contribution in [2.75, 3.05) is 0 Å². The summed E-state index contributed by atoms with van der Waals surface area (Å²) in [6.07, 6.45) is 0. The van der Waals surface area contributed by atoms with Crippen molar-refractivity contribution in [2.24, 2.45) is 0 Å². The Hall–Kier alpha value is -1.25. The molecule has 9 heteroatoms. The Balaban J connectivity index is -0.000000720. The van der Waals surface area contributed by atoms with Crippen molar-refractivity contribution in [1.82, 2.24) is 0 Å². The molecule has 0 aromatic carbocycles. The van der Waals surface area contributed by atoms with Crippen LogP contribution in [0.1, 0.15) is 0 Å². The fourth-order valence-electron chi connectivity index (χ4n) is 0.265. The van der Waals surface area contributed by atoms with Crippen LogP contribution in [0.3, 0.4) is 0 Å². The molecule has 15 heavy (non-hydrogen) atoms. The molecule has 0 saturated heterocycles. The molecule has 0 aromatic heterocycles. The van der Waals surface area contributed by atoms with Crippen LogP contribution >= 0.6 is 12.4 Å². The second kappa shape index (κ2) is 4.51. The first-order valence-electron chi connectivity index (χ1n) is 2.40. The van der Waals surface area contributed by atoms with E-state index in [1.54, 1.807) is 0 Å². The average Bonchev–Trinajstić information content (AvgIpc) is 2.26. The van der Waals surface area contributed by atoms with Crippen molar-refractivity contribution in [2.45, 2.75) is 0 Å². The molecular weight excluding hydrogens is 270 g/mol. The zero-order chi connectivity index (χ0) is 10.7. The van der Waals surface area contributed by atoms with Crippen LogP contribution in [0, 0.1) is 61.4 Å². The summed E-state index contributed by atoms with van der Waals surface area (Å²) in [4.78, 5) is 6.19. The second-order valence-corrected chi connectivity index (χ2v) is 7.42. The van der Waals surface area contributed by atoms with E-state index in [9.17, 15) is 0 Å². The first-order chi connectivity index (χ1) is 5.97.